The number of urea groups is 1. The maximum atomic E-state index is 15.4. The number of pyridine rings is 1. The van der Waals surface area contributed by atoms with E-state index in [2.05, 4.69) is 42.5 Å². The molecule has 71 heavy (non-hydrogen) atoms. The number of aromatic nitrogens is 5. The molecule has 3 amide bonds. The highest BCUT2D eigenvalue weighted by atomic mass is 35.5. The third kappa shape index (κ3) is 13.4. The summed E-state index contributed by atoms with van der Waals surface area (Å²) < 4.78 is 148. The average Bonchev–Trinajstić information content (AvgIpc) is 4.06. The Balaban J connectivity index is 0.000000958. The number of thioether (sulfide) groups is 1. The number of carboxylic acid groups (broad SMARTS) is 1. The first-order valence-corrected chi connectivity index (χ1v) is 24.7. The molecule has 1 saturated heterocycles. The number of nitrogens with zero attached hydrogens (tertiary/aromatic N) is 7. The molecule has 388 valence electrons. The first kappa shape index (κ1) is 56.7. The fourth-order valence-corrected chi connectivity index (χ4v) is 8.85. The van der Waals surface area contributed by atoms with E-state index >= 15 is 8.78 Å². The monoisotopic (exact) mass is 1070 g/mol. The van der Waals surface area contributed by atoms with Gasteiger partial charge in [-0.25, -0.2) is 17.9 Å². The number of fused-ring (bicyclic) bond motifs is 2. The lowest BCUT2D eigenvalue weighted by Gasteiger charge is -2.24. The van der Waals surface area contributed by atoms with E-state index in [1.165, 1.54) is 29.4 Å². The van der Waals surface area contributed by atoms with Crippen LogP contribution in [0.3, 0.4) is 0 Å². The quantitative estimate of drug-likeness (QED) is 0.0752. The predicted molar refractivity (Wildman–Crippen MR) is 253 cm³/mol. The number of carbonyl (C=O) groups is 3. The summed E-state index contributed by atoms with van der Waals surface area (Å²) >= 11 is 9.51. The van der Waals surface area contributed by atoms with Crippen LogP contribution in [-0.2, 0) is 54.0 Å². The van der Waals surface area contributed by atoms with Crippen LogP contribution >= 0.6 is 35.3 Å². The fourth-order valence-electron chi connectivity index (χ4n) is 8.04. The fraction of sp³-hybridized carbons (Fsp3) is 0.478. The maximum Gasteiger partial charge on any atom is 0.435 e. The SMILES string of the molecule is CCc1ccc(-c2ccc(Cl)c3c(N(SC)C(=O)N4CCCC4)nn(CC(F)(F)F)c23)c(C(Cc2cc(F)cc(F)c2)NC(=O)Cn2nc(C(F)(F)F)c3c2C(F)(F)[C@H](C)C3)n1.CSC(C)(C)C.O=CO. The molecule has 0 bridgehead atoms. The molecule has 4 heterocycles. The number of rotatable bonds is 11. The van der Waals surface area contributed by atoms with Crippen molar-refractivity contribution in [2.75, 3.05) is 29.9 Å². The Hall–Kier alpha value is -5.23. The van der Waals surface area contributed by atoms with E-state index in [1.54, 1.807) is 13.0 Å². The molecule has 2 aliphatic rings. The second-order valence-corrected chi connectivity index (χ2v) is 20.3. The Bertz CT molecular complexity index is 2700. The van der Waals surface area contributed by atoms with Gasteiger partial charge >= 0.3 is 18.4 Å². The molecule has 0 saturated carbocycles. The number of aryl methyl sites for hydroxylation is 1. The van der Waals surface area contributed by atoms with Crippen molar-refractivity contribution < 1.29 is 63.4 Å². The van der Waals surface area contributed by atoms with E-state index in [0.29, 0.717) is 34.3 Å². The number of benzene rings is 2. The summed E-state index contributed by atoms with van der Waals surface area (Å²) in [5, 5.41) is 17.0. The molecule has 1 unspecified atom stereocenters. The van der Waals surface area contributed by atoms with Gasteiger partial charge in [-0.3, -0.25) is 23.9 Å². The predicted octanol–water partition coefficient (Wildman–Crippen LogP) is 11.9. The summed E-state index contributed by atoms with van der Waals surface area (Å²) in [6, 6.07) is 6.26. The van der Waals surface area contributed by atoms with E-state index in [4.69, 9.17) is 26.5 Å². The molecule has 1 fully saturated rings. The summed E-state index contributed by atoms with van der Waals surface area (Å²) in [5.74, 6) is -8.71. The van der Waals surface area contributed by atoms with Gasteiger partial charge < -0.3 is 15.3 Å². The highest BCUT2D eigenvalue weighted by Crippen LogP contribution is 2.50. The van der Waals surface area contributed by atoms with Gasteiger partial charge in [0.2, 0.25) is 5.91 Å². The first-order chi connectivity index (χ1) is 33.1. The van der Waals surface area contributed by atoms with Crippen LogP contribution in [0.4, 0.5) is 54.5 Å². The van der Waals surface area contributed by atoms with Crippen LogP contribution < -0.4 is 9.62 Å². The third-order valence-corrected chi connectivity index (χ3v) is 13.6. The Morgan fingerprint density at radius 3 is 2.10 bits per heavy atom. The zero-order chi connectivity index (χ0) is 53.0. The van der Waals surface area contributed by atoms with Crippen molar-refractivity contribution in [3.05, 3.63) is 93.0 Å². The third-order valence-electron chi connectivity index (χ3n) is 11.4. The molecule has 12 nitrogen and oxygen atoms in total. The summed E-state index contributed by atoms with van der Waals surface area (Å²) in [6.45, 7) is 7.17. The summed E-state index contributed by atoms with van der Waals surface area (Å²) in [4.78, 5) is 42.3. The highest BCUT2D eigenvalue weighted by Gasteiger charge is 2.54. The van der Waals surface area contributed by atoms with E-state index < -0.39 is 96.7 Å². The van der Waals surface area contributed by atoms with Gasteiger partial charge in [0.15, 0.2) is 11.5 Å². The Morgan fingerprint density at radius 2 is 1.56 bits per heavy atom. The number of hydrogen-bond donors (Lipinski definition) is 2. The van der Waals surface area contributed by atoms with Crippen LogP contribution in [0.25, 0.3) is 22.0 Å². The number of anilines is 1. The minimum absolute atomic E-state index is 0.0187. The van der Waals surface area contributed by atoms with Crippen LogP contribution in [-0.4, -0.2) is 89.5 Å². The standard InChI is InChI=1S/C40H37ClF10N8O2S.C5H12S.CH2O2/c1-4-24-7-8-25(26-9-10-28(41)31-33(26)58(19-38(44,45)46)55-36(31)59(62-3)37(61)56-11-5-6-12-56)32(52-24)29(16-21-14-22(42)17-23(43)15-21)53-30(60)18-57-35-27(13-20(2)39(35,47)48)34(54-57)40(49,50)51;1-5(2,3)6-4;2-1-3/h7-10,14-15,17,20,29H,4-6,11-13,16,18-19H2,1-3H3,(H,53,60);1-4H3;1H,(H,2,3)/t20-,29?;;/m1../s1. The zero-order valence-electron chi connectivity index (χ0n) is 39.4. The number of hydrogen-bond acceptors (Lipinski definition) is 8. The van der Waals surface area contributed by atoms with Crippen molar-refractivity contribution >= 4 is 70.4 Å². The van der Waals surface area contributed by atoms with Crippen molar-refractivity contribution in [3.63, 3.8) is 0 Å². The van der Waals surface area contributed by atoms with E-state index in [9.17, 15) is 44.7 Å². The van der Waals surface area contributed by atoms with Crippen molar-refractivity contribution in [2.24, 2.45) is 5.92 Å². The van der Waals surface area contributed by atoms with Gasteiger partial charge in [0.05, 0.1) is 27.7 Å². The molecule has 2 N–H and O–H groups in total. The molecule has 1 aliphatic carbocycles. The van der Waals surface area contributed by atoms with Gasteiger partial charge in [-0.15, -0.1) is 0 Å². The van der Waals surface area contributed by atoms with Crippen molar-refractivity contribution in [1.29, 1.82) is 0 Å². The Morgan fingerprint density at radius 1 is 0.972 bits per heavy atom. The van der Waals surface area contributed by atoms with Gasteiger partial charge in [0.1, 0.15) is 30.4 Å². The maximum absolute atomic E-state index is 15.4. The normalized spacial score (nSPS) is 15.9. The molecule has 1 aliphatic heterocycles. The topological polar surface area (TPSA) is 138 Å². The van der Waals surface area contributed by atoms with Crippen LogP contribution in [0.2, 0.25) is 5.02 Å². The smallest absolute Gasteiger partial charge is 0.435 e. The largest absolute Gasteiger partial charge is 0.483 e. The van der Waals surface area contributed by atoms with E-state index in [1.807, 2.05) is 11.8 Å². The number of halogens is 11. The van der Waals surface area contributed by atoms with Gasteiger partial charge in [0.25, 0.3) is 12.4 Å². The number of alkyl halides is 8. The minimum Gasteiger partial charge on any atom is -0.483 e. The van der Waals surface area contributed by atoms with Crippen LogP contribution in [0.1, 0.15) is 87.4 Å². The molecular weight excluding hydrogens is 1020 g/mol. The second kappa shape index (κ2) is 22.7. The second-order valence-electron chi connectivity index (χ2n) is 17.5. The van der Waals surface area contributed by atoms with E-state index in [0.717, 1.165) is 48.2 Å². The van der Waals surface area contributed by atoms with Crippen molar-refractivity contribution in [2.45, 2.75) is 109 Å². The van der Waals surface area contributed by atoms with Crippen LogP contribution in [0.15, 0.2) is 42.5 Å². The lowest BCUT2D eigenvalue weighted by molar-refractivity contribution is -0.143. The van der Waals surface area contributed by atoms with Crippen LogP contribution in [0.5, 0.6) is 0 Å². The first-order valence-electron chi connectivity index (χ1n) is 21.9. The highest BCUT2D eigenvalue weighted by molar-refractivity contribution is 8.00. The lowest BCUT2D eigenvalue weighted by Crippen LogP contribution is -2.38. The summed E-state index contributed by atoms with van der Waals surface area (Å²) in [7, 11) is 0. The molecule has 25 heteroatoms. The minimum atomic E-state index is -5.13. The molecule has 0 radical (unpaired) electrons. The Labute approximate surface area is 416 Å². The van der Waals surface area contributed by atoms with Gasteiger partial charge in [-0.2, -0.15) is 57.1 Å². The number of likely N-dealkylation sites (tertiary alicyclic amines) is 1. The zero-order valence-corrected chi connectivity index (χ0v) is 41.8. The molecule has 5 aromatic rings. The van der Waals surface area contributed by atoms with Gasteiger partial charge in [0, 0.05) is 58.5 Å². The summed E-state index contributed by atoms with van der Waals surface area (Å²) in [5.41, 5.74) is -3.28. The molecule has 0 spiro atoms. The molecule has 2 atom stereocenters. The number of amides is 3. The van der Waals surface area contributed by atoms with Crippen LogP contribution in [0, 0.1) is 17.6 Å². The Kier molecular flexibility index (Phi) is 18.1. The number of carbonyl (C=O) groups excluding carboxylic acids is 2. The average molecular weight is 1070 g/mol. The summed E-state index contributed by atoms with van der Waals surface area (Å²) in [6.07, 6.45) is -5.73. The van der Waals surface area contributed by atoms with Crippen molar-refractivity contribution in [3.8, 4) is 11.1 Å². The molecule has 7 rings (SSSR count). The molecular formula is C46H51ClF10N8O4S2. The molecule has 2 aromatic carbocycles. The lowest BCUT2D eigenvalue weighted by atomic mass is 9.93. The van der Waals surface area contributed by atoms with Crippen molar-refractivity contribution in [1.82, 2.24) is 34.8 Å². The molecule has 3 aromatic heterocycles. The van der Waals surface area contributed by atoms with Gasteiger partial charge in [-0.05, 0) is 80.1 Å². The van der Waals surface area contributed by atoms with E-state index in [-0.39, 0.29) is 61.7 Å². The van der Waals surface area contributed by atoms with Gasteiger partial charge in [-0.1, -0.05) is 58.4 Å². The number of nitrogens with one attached hydrogen (secondary N) is 1.